The van der Waals surface area contributed by atoms with Gasteiger partial charge in [0.05, 0.1) is 12.7 Å². The molecule has 0 saturated heterocycles. The summed E-state index contributed by atoms with van der Waals surface area (Å²) in [6, 6.07) is 0. The summed E-state index contributed by atoms with van der Waals surface area (Å²) in [6.45, 7) is 2.22. The summed E-state index contributed by atoms with van der Waals surface area (Å²) in [5, 5.41) is 3.12. The number of aryl methyl sites for hydroxylation is 1. The van der Waals surface area contributed by atoms with Gasteiger partial charge < -0.3 is 14.6 Å². The minimum absolute atomic E-state index is 0.139. The molecule has 0 aliphatic carbocycles. The van der Waals surface area contributed by atoms with E-state index >= 15 is 0 Å². The molecule has 7 nitrogen and oxygen atoms in total. The van der Waals surface area contributed by atoms with E-state index in [9.17, 15) is 0 Å². The first-order valence-corrected chi connectivity index (χ1v) is 5.66. The number of hydrogen-bond donors (Lipinski definition) is 1. The molecule has 1 N–H and O–H groups in total. The van der Waals surface area contributed by atoms with Crippen molar-refractivity contribution in [2.24, 2.45) is 0 Å². The highest BCUT2D eigenvalue weighted by atomic mass is 35.5. The zero-order valence-corrected chi connectivity index (χ0v) is 11.1. The molecule has 2 heterocycles. The van der Waals surface area contributed by atoms with Crippen LogP contribution in [0.5, 0.6) is 0 Å². The number of halogens is 1. The molecule has 0 unspecified atom stereocenters. The molecule has 0 aromatic carbocycles. The molecule has 0 fully saturated rings. The van der Waals surface area contributed by atoms with E-state index in [0.29, 0.717) is 24.3 Å². The fourth-order valence-corrected chi connectivity index (χ4v) is 1.41. The highest BCUT2D eigenvalue weighted by molar-refractivity contribution is 6.28. The van der Waals surface area contributed by atoms with Gasteiger partial charge in [0.2, 0.25) is 23.1 Å². The first-order valence-electron chi connectivity index (χ1n) is 5.28. The fourth-order valence-electron chi connectivity index (χ4n) is 1.26. The first kappa shape index (κ1) is 12.6. The van der Waals surface area contributed by atoms with Gasteiger partial charge >= 0.3 is 0 Å². The lowest BCUT2D eigenvalue weighted by Crippen LogP contribution is -2.15. The van der Waals surface area contributed by atoms with E-state index in [2.05, 4.69) is 25.3 Å². The van der Waals surface area contributed by atoms with Gasteiger partial charge in [-0.2, -0.15) is 15.0 Å². The molecule has 0 spiro atoms. The number of nitrogens with one attached hydrogen (secondary N) is 1. The average Bonchev–Trinajstić information content (AvgIpc) is 2.72. The highest BCUT2D eigenvalue weighted by Gasteiger charge is 2.07. The topological polar surface area (TPSA) is 80.0 Å². The van der Waals surface area contributed by atoms with E-state index in [1.807, 2.05) is 21.0 Å². The van der Waals surface area contributed by atoms with Crippen LogP contribution in [0.25, 0.3) is 0 Å². The van der Waals surface area contributed by atoms with Gasteiger partial charge in [0.25, 0.3) is 0 Å². The largest absolute Gasteiger partial charge is 0.444 e. The first-order chi connectivity index (χ1) is 8.54. The molecule has 18 heavy (non-hydrogen) atoms. The van der Waals surface area contributed by atoms with Gasteiger partial charge in [-0.25, -0.2) is 4.98 Å². The second-order valence-corrected chi connectivity index (χ2v) is 4.18. The Bertz CT molecular complexity index is 541. The van der Waals surface area contributed by atoms with Gasteiger partial charge in [-0.05, 0) is 18.5 Å². The van der Waals surface area contributed by atoms with Crippen LogP contribution in [-0.4, -0.2) is 34.0 Å². The van der Waals surface area contributed by atoms with Crippen LogP contribution in [0.2, 0.25) is 5.28 Å². The molecule has 8 heteroatoms. The van der Waals surface area contributed by atoms with Crippen LogP contribution in [0.3, 0.4) is 0 Å². The van der Waals surface area contributed by atoms with E-state index in [4.69, 9.17) is 16.0 Å². The van der Waals surface area contributed by atoms with Crippen molar-refractivity contribution in [3.63, 3.8) is 0 Å². The van der Waals surface area contributed by atoms with Crippen molar-refractivity contribution in [3.8, 4) is 0 Å². The van der Waals surface area contributed by atoms with Crippen LogP contribution in [0.15, 0.2) is 10.6 Å². The third-order valence-electron chi connectivity index (χ3n) is 2.06. The van der Waals surface area contributed by atoms with Gasteiger partial charge in [0.15, 0.2) is 0 Å². The van der Waals surface area contributed by atoms with E-state index in [1.165, 1.54) is 0 Å². The Hall–Kier alpha value is -1.89. The molecule has 2 aromatic rings. The number of aromatic nitrogens is 4. The Kier molecular flexibility index (Phi) is 3.61. The zero-order valence-electron chi connectivity index (χ0n) is 10.3. The maximum atomic E-state index is 5.81. The molecule has 2 rings (SSSR count). The van der Waals surface area contributed by atoms with Crippen molar-refractivity contribution in [2.75, 3.05) is 24.3 Å². The molecule has 0 atom stereocenters. The molecule has 2 aromatic heterocycles. The molecule has 0 aliphatic heterocycles. The molecule has 0 radical (unpaired) electrons. The monoisotopic (exact) mass is 268 g/mol. The average molecular weight is 269 g/mol. The van der Waals surface area contributed by atoms with Crippen molar-refractivity contribution in [3.05, 3.63) is 23.1 Å². The predicted octanol–water partition coefficient (Wildman–Crippen LogP) is 1.50. The minimum Gasteiger partial charge on any atom is -0.444 e. The van der Waals surface area contributed by atoms with Gasteiger partial charge in [0.1, 0.15) is 5.76 Å². The van der Waals surface area contributed by atoms with E-state index in [-0.39, 0.29) is 5.28 Å². The SMILES string of the molecule is Cc1cnc(CNc2nc(Cl)nc(N(C)C)n2)o1. The second-order valence-electron chi connectivity index (χ2n) is 3.84. The number of hydrogen-bond acceptors (Lipinski definition) is 7. The number of anilines is 2. The summed E-state index contributed by atoms with van der Waals surface area (Å²) in [5.74, 6) is 2.19. The summed E-state index contributed by atoms with van der Waals surface area (Å²) >= 11 is 5.81. The second kappa shape index (κ2) is 5.18. The lowest BCUT2D eigenvalue weighted by molar-refractivity contribution is 0.478. The van der Waals surface area contributed by atoms with Crippen molar-refractivity contribution in [1.29, 1.82) is 0 Å². The Morgan fingerprint density at radius 2 is 2.11 bits per heavy atom. The maximum absolute atomic E-state index is 5.81. The third kappa shape index (κ3) is 3.07. The molecular formula is C10H13ClN6O. The standard InChI is InChI=1S/C10H13ClN6O/c1-6-4-12-7(18-6)5-13-9-14-8(11)15-10(16-9)17(2)3/h4H,5H2,1-3H3,(H,13,14,15,16). The molecule has 0 amide bonds. The summed E-state index contributed by atoms with van der Waals surface area (Å²) in [6.07, 6.45) is 1.66. The van der Waals surface area contributed by atoms with Crippen LogP contribution >= 0.6 is 11.6 Å². The summed E-state index contributed by atoms with van der Waals surface area (Å²) < 4.78 is 5.32. The van der Waals surface area contributed by atoms with Crippen LogP contribution in [0, 0.1) is 6.92 Å². The predicted molar refractivity (Wildman–Crippen MR) is 67.7 cm³/mol. The summed E-state index contributed by atoms with van der Waals surface area (Å²) in [4.78, 5) is 18.0. The lowest BCUT2D eigenvalue weighted by Gasteiger charge is -2.11. The molecule has 96 valence electrons. The summed E-state index contributed by atoms with van der Waals surface area (Å²) in [7, 11) is 3.65. The quantitative estimate of drug-likeness (QED) is 0.900. The van der Waals surface area contributed by atoms with Crippen molar-refractivity contribution >= 4 is 23.5 Å². The van der Waals surface area contributed by atoms with Crippen LogP contribution in [-0.2, 0) is 6.54 Å². The molecule has 0 bridgehead atoms. The number of rotatable bonds is 4. The van der Waals surface area contributed by atoms with Crippen LogP contribution < -0.4 is 10.2 Å². The van der Waals surface area contributed by atoms with Gasteiger partial charge in [-0.3, -0.25) is 0 Å². The van der Waals surface area contributed by atoms with E-state index in [1.54, 1.807) is 11.1 Å². The normalized spacial score (nSPS) is 10.4. The molecule has 0 aliphatic rings. The van der Waals surface area contributed by atoms with E-state index < -0.39 is 0 Å². The molecule has 0 saturated carbocycles. The van der Waals surface area contributed by atoms with Gasteiger partial charge in [-0.15, -0.1) is 0 Å². The van der Waals surface area contributed by atoms with Crippen LogP contribution in [0.1, 0.15) is 11.7 Å². The van der Waals surface area contributed by atoms with Crippen molar-refractivity contribution in [2.45, 2.75) is 13.5 Å². The highest BCUT2D eigenvalue weighted by Crippen LogP contribution is 2.12. The summed E-state index contributed by atoms with van der Waals surface area (Å²) in [5.41, 5.74) is 0. The Labute approximate surface area is 109 Å². The lowest BCUT2D eigenvalue weighted by atomic mass is 10.6. The van der Waals surface area contributed by atoms with Crippen molar-refractivity contribution < 1.29 is 4.42 Å². The van der Waals surface area contributed by atoms with Gasteiger partial charge in [0, 0.05) is 14.1 Å². The number of nitrogens with zero attached hydrogens (tertiary/aromatic N) is 5. The Morgan fingerprint density at radius 3 is 2.72 bits per heavy atom. The zero-order chi connectivity index (χ0) is 13.1. The van der Waals surface area contributed by atoms with Crippen molar-refractivity contribution in [1.82, 2.24) is 19.9 Å². The van der Waals surface area contributed by atoms with E-state index in [0.717, 1.165) is 5.76 Å². The van der Waals surface area contributed by atoms with Gasteiger partial charge in [-0.1, -0.05) is 0 Å². The smallest absolute Gasteiger partial charge is 0.230 e. The Balaban J connectivity index is 2.09. The molecular weight excluding hydrogens is 256 g/mol. The number of oxazole rings is 1. The fraction of sp³-hybridized carbons (Fsp3) is 0.400. The third-order valence-corrected chi connectivity index (χ3v) is 2.23. The van der Waals surface area contributed by atoms with Crippen LogP contribution in [0.4, 0.5) is 11.9 Å². The maximum Gasteiger partial charge on any atom is 0.230 e. The minimum atomic E-state index is 0.139. The Morgan fingerprint density at radius 1 is 1.33 bits per heavy atom.